The zero-order valence-electron chi connectivity index (χ0n) is 15.1. The Hall–Kier alpha value is -1.89. The van der Waals surface area contributed by atoms with Gasteiger partial charge in [-0.3, -0.25) is 9.59 Å². The molecule has 0 aromatic heterocycles. The number of benzene rings is 1. The van der Waals surface area contributed by atoms with E-state index in [2.05, 4.69) is 0 Å². The number of likely N-dealkylation sites (tertiary alicyclic amines) is 1. The number of piperidine rings is 1. The van der Waals surface area contributed by atoms with Crippen molar-refractivity contribution in [2.75, 3.05) is 24.6 Å². The predicted octanol–water partition coefficient (Wildman–Crippen LogP) is 1.46. The van der Waals surface area contributed by atoms with Gasteiger partial charge in [-0.15, -0.1) is 0 Å². The second-order valence-electron chi connectivity index (χ2n) is 7.29. The lowest BCUT2D eigenvalue weighted by Gasteiger charge is -2.36. The Morgan fingerprint density at radius 1 is 1.12 bits per heavy atom. The zero-order valence-corrected chi connectivity index (χ0v) is 16.0. The van der Waals surface area contributed by atoms with E-state index in [1.54, 1.807) is 16.7 Å². The highest BCUT2D eigenvalue weighted by molar-refractivity contribution is 7.91. The van der Waals surface area contributed by atoms with Gasteiger partial charge in [0.05, 0.1) is 11.5 Å². The summed E-state index contributed by atoms with van der Waals surface area (Å²) in [6.07, 6.45) is 1.79. The fourth-order valence-electron chi connectivity index (χ4n) is 3.86. The van der Waals surface area contributed by atoms with Crippen molar-refractivity contribution in [2.24, 2.45) is 5.92 Å². The van der Waals surface area contributed by atoms with Gasteiger partial charge >= 0.3 is 0 Å². The number of hydrogen-bond donors (Lipinski definition) is 0. The van der Waals surface area contributed by atoms with Crippen molar-refractivity contribution >= 4 is 21.7 Å². The molecule has 0 saturated carbocycles. The molecule has 1 aromatic rings. The Morgan fingerprint density at radius 3 is 2.31 bits per heavy atom. The highest BCUT2D eigenvalue weighted by atomic mass is 32.2. The first kappa shape index (κ1) is 18.9. The van der Waals surface area contributed by atoms with E-state index in [-0.39, 0.29) is 35.3 Å². The summed E-state index contributed by atoms with van der Waals surface area (Å²) in [4.78, 5) is 28.2. The van der Waals surface area contributed by atoms with Crippen LogP contribution in [-0.4, -0.2) is 60.7 Å². The molecule has 2 fully saturated rings. The Kier molecular flexibility index (Phi) is 5.65. The normalized spacial score (nSPS) is 23.0. The Morgan fingerprint density at radius 2 is 1.77 bits per heavy atom. The van der Waals surface area contributed by atoms with Gasteiger partial charge < -0.3 is 9.80 Å². The molecule has 0 bridgehead atoms. The Labute approximate surface area is 155 Å². The molecule has 3 rings (SSSR count). The summed E-state index contributed by atoms with van der Waals surface area (Å²) in [5, 5.41) is 0. The third-order valence-corrected chi connectivity index (χ3v) is 7.17. The molecular weight excluding hydrogens is 352 g/mol. The molecule has 2 aliphatic heterocycles. The minimum absolute atomic E-state index is 0.0270. The van der Waals surface area contributed by atoms with E-state index in [1.807, 2.05) is 30.3 Å². The zero-order chi connectivity index (χ0) is 18.7. The van der Waals surface area contributed by atoms with E-state index in [0.29, 0.717) is 38.9 Å². The largest absolute Gasteiger partial charge is 0.343 e. The first-order chi connectivity index (χ1) is 12.4. The lowest BCUT2D eigenvalue weighted by molar-refractivity contribution is -0.142. The molecule has 0 aliphatic carbocycles. The molecule has 1 aromatic carbocycles. The molecular formula is C19H26N2O4S. The summed E-state index contributed by atoms with van der Waals surface area (Å²) in [6.45, 7) is 3.17. The van der Waals surface area contributed by atoms with Gasteiger partial charge in [-0.05, 0) is 24.8 Å². The molecule has 26 heavy (non-hydrogen) atoms. The van der Waals surface area contributed by atoms with Crippen LogP contribution in [0.4, 0.5) is 0 Å². The molecule has 2 amide bonds. The van der Waals surface area contributed by atoms with Crippen LogP contribution in [-0.2, 0) is 26.0 Å². The number of nitrogens with zero attached hydrogens (tertiary/aromatic N) is 2. The number of hydrogen-bond acceptors (Lipinski definition) is 4. The summed E-state index contributed by atoms with van der Waals surface area (Å²) in [5.74, 6) is 0.132. The van der Waals surface area contributed by atoms with Gasteiger partial charge in [-0.25, -0.2) is 8.42 Å². The van der Waals surface area contributed by atoms with Crippen LogP contribution in [0.3, 0.4) is 0 Å². The summed E-state index contributed by atoms with van der Waals surface area (Å²) in [5.41, 5.74) is 1.01. The van der Waals surface area contributed by atoms with Crippen LogP contribution in [0, 0.1) is 5.92 Å². The molecule has 7 heteroatoms. The first-order valence-corrected chi connectivity index (χ1v) is 11.0. The summed E-state index contributed by atoms with van der Waals surface area (Å²) >= 11 is 0. The lowest BCUT2D eigenvalue weighted by atomic mass is 9.94. The number of carbonyl (C=O) groups is 2. The van der Waals surface area contributed by atoms with Crippen LogP contribution < -0.4 is 0 Å². The standard InChI is InChI=1S/C19H26N2O4S/c1-15(22)20-10-7-17(8-11-20)19(23)21(13-16-5-3-2-4-6-16)18-9-12-26(24,25)14-18/h2-6,17-18H,7-14H2,1H3/t18-/m1/s1. The van der Waals surface area contributed by atoms with Crippen LogP contribution in [0.5, 0.6) is 0 Å². The molecule has 0 spiro atoms. The van der Waals surface area contributed by atoms with Crippen LogP contribution in [0.25, 0.3) is 0 Å². The van der Waals surface area contributed by atoms with Crippen LogP contribution in [0.2, 0.25) is 0 Å². The maximum Gasteiger partial charge on any atom is 0.226 e. The van der Waals surface area contributed by atoms with E-state index in [0.717, 1.165) is 5.56 Å². The van der Waals surface area contributed by atoms with Gasteiger partial charge in [0.1, 0.15) is 0 Å². The van der Waals surface area contributed by atoms with Gasteiger partial charge in [0.25, 0.3) is 0 Å². The van der Waals surface area contributed by atoms with E-state index in [1.165, 1.54) is 0 Å². The van der Waals surface area contributed by atoms with Gasteiger partial charge in [0.15, 0.2) is 9.84 Å². The Bertz CT molecular complexity index is 755. The van der Waals surface area contributed by atoms with E-state index in [9.17, 15) is 18.0 Å². The quantitative estimate of drug-likeness (QED) is 0.795. The minimum atomic E-state index is -3.06. The van der Waals surface area contributed by atoms with Crippen LogP contribution in [0.1, 0.15) is 31.7 Å². The third-order valence-electron chi connectivity index (χ3n) is 5.42. The fraction of sp³-hybridized carbons (Fsp3) is 0.579. The average Bonchev–Trinajstić information content (AvgIpc) is 2.99. The predicted molar refractivity (Wildman–Crippen MR) is 99.0 cm³/mol. The third kappa shape index (κ3) is 4.44. The summed E-state index contributed by atoms with van der Waals surface area (Å²) in [6, 6.07) is 9.44. The van der Waals surface area contributed by atoms with Crippen LogP contribution in [0.15, 0.2) is 30.3 Å². The summed E-state index contributed by atoms with van der Waals surface area (Å²) < 4.78 is 23.9. The van der Waals surface area contributed by atoms with Gasteiger partial charge in [0, 0.05) is 38.5 Å². The summed E-state index contributed by atoms with van der Waals surface area (Å²) in [7, 11) is -3.06. The minimum Gasteiger partial charge on any atom is -0.343 e. The number of sulfone groups is 1. The van der Waals surface area contributed by atoms with Crippen molar-refractivity contribution in [3.05, 3.63) is 35.9 Å². The molecule has 2 saturated heterocycles. The average molecular weight is 378 g/mol. The number of rotatable bonds is 4. The molecule has 0 unspecified atom stereocenters. The van der Waals surface area contributed by atoms with E-state index < -0.39 is 9.84 Å². The molecule has 0 N–H and O–H groups in total. The fourth-order valence-corrected chi connectivity index (χ4v) is 5.59. The maximum atomic E-state index is 13.2. The van der Waals surface area contributed by atoms with Crippen molar-refractivity contribution in [3.8, 4) is 0 Å². The topological polar surface area (TPSA) is 74.8 Å². The van der Waals surface area contributed by atoms with E-state index >= 15 is 0 Å². The molecule has 2 aliphatic rings. The number of carbonyl (C=O) groups excluding carboxylic acids is 2. The lowest BCUT2D eigenvalue weighted by Crippen LogP contribution is -2.47. The SMILES string of the molecule is CC(=O)N1CCC(C(=O)N(Cc2ccccc2)[C@@H]2CCS(=O)(=O)C2)CC1. The highest BCUT2D eigenvalue weighted by Crippen LogP contribution is 2.26. The monoisotopic (exact) mass is 378 g/mol. The van der Waals surface area contributed by atoms with Crippen molar-refractivity contribution in [2.45, 2.75) is 38.8 Å². The van der Waals surface area contributed by atoms with Gasteiger partial charge in [-0.2, -0.15) is 0 Å². The maximum absolute atomic E-state index is 13.2. The van der Waals surface area contributed by atoms with E-state index in [4.69, 9.17) is 0 Å². The van der Waals surface area contributed by atoms with Crippen molar-refractivity contribution < 1.29 is 18.0 Å². The smallest absolute Gasteiger partial charge is 0.226 e. The molecule has 6 nitrogen and oxygen atoms in total. The number of amides is 2. The highest BCUT2D eigenvalue weighted by Gasteiger charge is 2.38. The molecule has 0 radical (unpaired) electrons. The Balaban J connectivity index is 1.74. The second kappa shape index (κ2) is 7.78. The van der Waals surface area contributed by atoms with Crippen molar-refractivity contribution in [1.82, 2.24) is 9.80 Å². The second-order valence-corrected chi connectivity index (χ2v) is 9.52. The van der Waals surface area contributed by atoms with Gasteiger partial charge in [-0.1, -0.05) is 30.3 Å². The molecule has 2 heterocycles. The first-order valence-electron chi connectivity index (χ1n) is 9.16. The molecule has 142 valence electrons. The van der Waals surface area contributed by atoms with Crippen LogP contribution >= 0.6 is 0 Å². The van der Waals surface area contributed by atoms with Gasteiger partial charge in [0.2, 0.25) is 11.8 Å². The van der Waals surface area contributed by atoms with Crippen molar-refractivity contribution in [1.29, 1.82) is 0 Å². The molecule has 1 atom stereocenters. The van der Waals surface area contributed by atoms with Crippen molar-refractivity contribution in [3.63, 3.8) is 0 Å².